The van der Waals surface area contributed by atoms with Crippen molar-refractivity contribution >= 4 is 33.4 Å². The quantitative estimate of drug-likeness (QED) is 0.856. The number of rotatable bonds is 4. The van der Waals surface area contributed by atoms with E-state index in [2.05, 4.69) is 21.2 Å². The number of hydrogen-bond acceptors (Lipinski definition) is 2. The Labute approximate surface area is 148 Å². The summed E-state index contributed by atoms with van der Waals surface area (Å²) in [7, 11) is 1.46. The van der Waals surface area contributed by atoms with E-state index in [-0.39, 0.29) is 18.0 Å². The van der Waals surface area contributed by atoms with E-state index in [0.717, 1.165) is 11.1 Å². The summed E-state index contributed by atoms with van der Waals surface area (Å²) >= 11 is 3.21. The third kappa shape index (κ3) is 4.20. The Kier molecular flexibility index (Phi) is 5.72. The Morgan fingerprint density at radius 1 is 1.21 bits per heavy atom. The van der Waals surface area contributed by atoms with Crippen molar-refractivity contribution in [1.29, 1.82) is 0 Å². The SMILES string of the molecule is Cc1cccc(NC(=O)CN(C)C(=O)c2cc(Br)ccc2F)c1C. The summed E-state index contributed by atoms with van der Waals surface area (Å²) in [5.41, 5.74) is 2.66. The average molecular weight is 393 g/mol. The fourth-order valence-corrected chi connectivity index (χ4v) is 2.59. The van der Waals surface area contributed by atoms with Crippen LogP contribution in [0.25, 0.3) is 0 Å². The molecule has 2 amide bonds. The largest absolute Gasteiger partial charge is 0.332 e. The molecule has 2 aromatic rings. The number of hydrogen-bond donors (Lipinski definition) is 1. The molecule has 0 saturated carbocycles. The van der Waals surface area contributed by atoms with Gasteiger partial charge in [-0.25, -0.2) is 4.39 Å². The third-order valence-corrected chi connectivity index (χ3v) is 4.26. The maximum absolute atomic E-state index is 13.8. The van der Waals surface area contributed by atoms with Crippen molar-refractivity contribution in [2.45, 2.75) is 13.8 Å². The summed E-state index contributed by atoms with van der Waals surface area (Å²) in [6.45, 7) is 3.70. The molecule has 2 rings (SSSR count). The van der Waals surface area contributed by atoms with Crippen molar-refractivity contribution in [1.82, 2.24) is 4.90 Å². The van der Waals surface area contributed by atoms with Crippen LogP contribution < -0.4 is 5.32 Å². The van der Waals surface area contributed by atoms with Crippen LogP contribution in [0, 0.1) is 19.7 Å². The fraction of sp³-hybridized carbons (Fsp3) is 0.222. The monoisotopic (exact) mass is 392 g/mol. The Hall–Kier alpha value is -2.21. The smallest absolute Gasteiger partial charge is 0.257 e. The Morgan fingerprint density at radius 3 is 2.62 bits per heavy atom. The molecule has 0 radical (unpaired) electrons. The van der Waals surface area contributed by atoms with Crippen molar-refractivity contribution in [2.75, 3.05) is 18.9 Å². The van der Waals surface area contributed by atoms with Gasteiger partial charge in [0, 0.05) is 17.2 Å². The fourth-order valence-electron chi connectivity index (χ4n) is 2.23. The number of halogens is 2. The van der Waals surface area contributed by atoms with Gasteiger partial charge in [-0.1, -0.05) is 28.1 Å². The summed E-state index contributed by atoms with van der Waals surface area (Å²) in [4.78, 5) is 25.7. The predicted molar refractivity (Wildman–Crippen MR) is 95.6 cm³/mol. The van der Waals surface area contributed by atoms with E-state index >= 15 is 0 Å². The molecule has 1 N–H and O–H groups in total. The van der Waals surface area contributed by atoms with Crippen LogP contribution in [-0.4, -0.2) is 30.3 Å². The van der Waals surface area contributed by atoms with Gasteiger partial charge in [0.25, 0.3) is 5.91 Å². The van der Waals surface area contributed by atoms with Crippen molar-refractivity contribution < 1.29 is 14.0 Å². The summed E-state index contributed by atoms with van der Waals surface area (Å²) in [6.07, 6.45) is 0. The zero-order valence-corrected chi connectivity index (χ0v) is 15.3. The molecular weight excluding hydrogens is 375 g/mol. The maximum Gasteiger partial charge on any atom is 0.257 e. The molecule has 0 aliphatic rings. The number of carbonyl (C=O) groups is 2. The molecule has 6 heteroatoms. The number of carbonyl (C=O) groups excluding carboxylic acids is 2. The zero-order chi connectivity index (χ0) is 17.9. The molecule has 0 aromatic heterocycles. The number of likely N-dealkylation sites (N-methyl/N-ethyl adjacent to an activating group) is 1. The minimum Gasteiger partial charge on any atom is -0.332 e. The number of anilines is 1. The number of benzene rings is 2. The normalized spacial score (nSPS) is 10.4. The second kappa shape index (κ2) is 7.57. The molecule has 0 bridgehead atoms. The van der Waals surface area contributed by atoms with Crippen molar-refractivity contribution in [3.8, 4) is 0 Å². The van der Waals surface area contributed by atoms with Crippen LogP contribution in [0.15, 0.2) is 40.9 Å². The summed E-state index contributed by atoms with van der Waals surface area (Å²) < 4.78 is 14.4. The van der Waals surface area contributed by atoms with Crippen molar-refractivity contribution in [3.63, 3.8) is 0 Å². The molecular formula is C18H18BrFN2O2. The molecule has 0 fully saturated rings. The predicted octanol–water partition coefficient (Wildman–Crippen LogP) is 3.92. The van der Waals surface area contributed by atoms with Crippen LogP contribution in [-0.2, 0) is 4.79 Å². The molecule has 126 valence electrons. The standard InChI is InChI=1S/C18H18BrFN2O2/c1-11-5-4-6-16(12(11)2)21-17(23)10-22(3)18(24)14-9-13(19)7-8-15(14)20/h4-9H,10H2,1-3H3,(H,21,23). The van der Waals surface area contributed by atoms with E-state index < -0.39 is 11.7 Å². The highest BCUT2D eigenvalue weighted by Crippen LogP contribution is 2.19. The van der Waals surface area contributed by atoms with Crippen molar-refractivity contribution in [2.24, 2.45) is 0 Å². The molecule has 0 spiro atoms. The molecule has 0 aliphatic carbocycles. The number of nitrogens with zero attached hydrogens (tertiary/aromatic N) is 1. The van der Waals surface area contributed by atoms with E-state index in [0.29, 0.717) is 10.2 Å². The van der Waals surface area contributed by atoms with Gasteiger partial charge in [-0.2, -0.15) is 0 Å². The molecule has 4 nitrogen and oxygen atoms in total. The van der Waals surface area contributed by atoms with Gasteiger partial charge in [-0.15, -0.1) is 0 Å². The maximum atomic E-state index is 13.8. The van der Waals surface area contributed by atoms with E-state index in [9.17, 15) is 14.0 Å². The first kappa shape index (κ1) is 18.1. The van der Waals surface area contributed by atoms with Gasteiger partial charge in [0.2, 0.25) is 5.91 Å². The zero-order valence-electron chi connectivity index (χ0n) is 13.7. The Bertz CT molecular complexity index is 793. The van der Waals surface area contributed by atoms with E-state index in [4.69, 9.17) is 0 Å². The molecule has 0 saturated heterocycles. The van der Waals surface area contributed by atoms with Gasteiger partial charge in [0.1, 0.15) is 5.82 Å². The van der Waals surface area contributed by atoms with Crippen LogP contribution in [0.5, 0.6) is 0 Å². The first-order valence-electron chi connectivity index (χ1n) is 7.36. The third-order valence-electron chi connectivity index (χ3n) is 3.77. The Balaban J connectivity index is 2.07. The molecule has 0 heterocycles. The van der Waals surface area contributed by atoms with Crippen LogP contribution in [0.2, 0.25) is 0 Å². The van der Waals surface area contributed by atoms with Gasteiger partial charge in [0.05, 0.1) is 12.1 Å². The molecule has 0 aliphatic heterocycles. The summed E-state index contributed by atoms with van der Waals surface area (Å²) in [6, 6.07) is 9.73. The minimum absolute atomic E-state index is 0.0774. The summed E-state index contributed by atoms with van der Waals surface area (Å²) in [5, 5.41) is 2.78. The topological polar surface area (TPSA) is 49.4 Å². The molecule has 0 unspecified atom stereocenters. The first-order chi connectivity index (χ1) is 11.3. The van der Waals surface area contributed by atoms with Gasteiger partial charge < -0.3 is 10.2 Å². The highest BCUT2D eigenvalue weighted by molar-refractivity contribution is 9.10. The number of aryl methyl sites for hydroxylation is 1. The second-order valence-electron chi connectivity index (χ2n) is 5.58. The van der Waals surface area contributed by atoms with E-state index in [1.807, 2.05) is 26.0 Å². The highest BCUT2D eigenvalue weighted by atomic mass is 79.9. The lowest BCUT2D eigenvalue weighted by molar-refractivity contribution is -0.116. The minimum atomic E-state index is -0.620. The lowest BCUT2D eigenvalue weighted by Crippen LogP contribution is -2.35. The summed E-state index contributed by atoms with van der Waals surface area (Å²) in [5.74, 6) is -1.51. The Morgan fingerprint density at radius 2 is 1.92 bits per heavy atom. The molecule has 2 aromatic carbocycles. The highest BCUT2D eigenvalue weighted by Gasteiger charge is 2.19. The van der Waals surface area contributed by atoms with E-state index in [1.54, 1.807) is 6.07 Å². The lowest BCUT2D eigenvalue weighted by Gasteiger charge is -2.18. The molecule has 0 atom stereocenters. The van der Waals surface area contributed by atoms with Crippen LogP contribution >= 0.6 is 15.9 Å². The average Bonchev–Trinajstić information content (AvgIpc) is 2.53. The van der Waals surface area contributed by atoms with Crippen LogP contribution in [0.1, 0.15) is 21.5 Å². The number of nitrogens with one attached hydrogen (secondary N) is 1. The van der Waals surface area contributed by atoms with Gasteiger partial charge in [-0.05, 0) is 49.2 Å². The van der Waals surface area contributed by atoms with Crippen LogP contribution in [0.4, 0.5) is 10.1 Å². The second-order valence-corrected chi connectivity index (χ2v) is 6.50. The first-order valence-corrected chi connectivity index (χ1v) is 8.15. The van der Waals surface area contributed by atoms with Gasteiger partial charge >= 0.3 is 0 Å². The molecule has 24 heavy (non-hydrogen) atoms. The van der Waals surface area contributed by atoms with Crippen LogP contribution in [0.3, 0.4) is 0 Å². The van der Waals surface area contributed by atoms with E-state index in [1.165, 1.54) is 30.1 Å². The lowest BCUT2D eigenvalue weighted by atomic mass is 10.1. The van der Waals surface area contributed by atoms with Gasteiger partial charge in [0.15, 0.2) is 0 Å². The van der Waals surface area contributed by atoms with Gasteiger partial charge in [-0.3, -0.25) is 9.59 Å². The number of amides is 2. The van der Waals surface area contributed by atoms with Crippen molar-refractivity contribution in [3.05, 3.63) is 63.4 Å².